The molecule has 0 aromatic carbocycles. The summed E-state index contributed by atoms with van der Waals surface area (Å²) in [4.78, 5) is 34.1. The van der Waals surface area contributed by atoms with Crippen LogP contribution in [0, 0.1) is 28.6 Å². The topological polar surface area (TPSA) is 141 Å². The van der Waals surface area contributed by atoms with Gasteiger partial charge in [0.2, 0.25) is 0 Å². The minimum Gasteiger partial charge on any atom is -0.481 e. The predicted octanol–water partition coefficient (Wildman–Crippen LogP) is 2.40. The number of hydrogen-bond donors (Lipinski definition) is 4. The van der Waals surface area contributed by atoms with Crippen molar-refractivity contribution in [1.82, 2.24) is 0 Å². The van der Waals surface area contributed by atoms with Crippen molar-refractivity contribution >= 4 is 17.9 Å². The zero-order valence-electron chi connectivity index (χ0n) is 17.4. The lowest BCUT2D eigenvalue weighted by atomic mass is 9.48. The van der Waals surface area contributed by atoms with E-state index < -0.39 is 42.5 Å². The molecular formula is C21H32O8. The van der Waals surface area contributed by atoms with Crippen LogP contribution in [0.25, 0.3) is 0 Å². The van der Waals surface area contributed by atoms with Gasteiger partial charge in [-0.25, -0.2) is 4.79 Å². The second kappa shape index (κ2) is 8.44. The molecule has 0 aliphatic heterocycles. The zero-order valence-corrected chi connectivity index (χ0v) is 17.4. The summed E-state index contributed by atoms with van der Waals surface area (Å²) in [6.45, 7) is 8.15. The van der Waals surface area contributed by atoms with E-state index in [4.69, 9.17) is 9.84 Å². The van der Waals surface area contributed by atoms with Crippen LogP contribution in [0.3, 0.4) is 0 Å². The third kappa shape index (κ3) is 4.48. The van der Waals surface area contributed by atoms with Gasteiger partial charge in [-0.15, -0.1) is 0 Å². The molecule has 0 aromatic heterocycles. The molecule has 0 radical (unpaired) electrons. The number of aliphatic hydroxyl groups excluding tert-OH is 1. The van der Waals surface area contributed by atoms with Crippen molar-refractivity contribution in [1.29, 1.82) is 0 Å². The molecule has 164 valence electrons. The Morgan fingerprint density at radius 3 is 2.31 bits per heavy atom. The van der Waals surface area contributed by atoms with Gasteiger partial charge in [-0.2, -0.15) is 0 Å². The molecule has 8 nitrogen and oxygen atoms in total. The zero-order chi connectivity index (χ0) is 22.1. The van der Waals surface area contributed by atoms with Crippen LogP contribution in [-0.4, -0.2) is 57.1 Å². The highest BCUT2D eigenvalue weighted by molar-refractivity contribution is 5.85. The number of rotatable bonds is 8. The Morgan fingerprint density at radius 2 is 1.79 bits per heavy atom. The lowest BCUT2D eigenvalue weighted by Crippen LogP contribution is -2.55. The van der Waals surface area contributed by atoms with Gasteiger partial charge >= 0.3 is 17.9 Å². The lowest BCUT2D eigenvalue weighted by Gasteiger charge is -2.58. The van der Waals surface area contributed by atoms with Gasteiger partial charge in [0.15, 0.2) is 6.10 Å². The van der Waals surface area contributed by atoms with Crippen molar-refractivity contribution in [2.24, 2.45) is 28.6 Å². The maximum Gasteiger partial charge on any atom is 0.333 e. The largest absolute Gasteiger partial charge is 0.481 e. The van der Waals surface area contributed by atoms with Crippen LogP contribution in [0.4, 0.5) is 0 Å². The molecule has 2 aliphatic carbocycles. The fraction of sp³-hybridized carbons (Fsp3) is 0.762. The molecule has 0 saturated heterocycles. The summed E-state index contributed by atoms with van der Waals surface area (Å²) < 4.78 is 5.60. The summed E-state index contributed by atoms with van der Waals surface area (Å²) in [5.74, 6) is -6.05. The van der Waals surface area contributed by atoms with Gasteiger partial charge in [0.25, 0.3) is 0 Å². The molecule has 2 unspecified atom stereocenters. The molecule has 1 saturated carbocycles. The fourth-order valence-corrected chi connectivity index (χ4v) is 5.43. The highest BCUT2D eigenvalue weighted by atomic mass is 16.5. The van der Waals surface area contributed by atoms with Crippen LogP contribution < -0.4 is 0 Å². The predicted molar refractivity (Wildman–Crippen MR) is 103 cm³/mol. The number of hydrogen-bond acceptors (Lipinski definition) is 5. The average Bonchev–Trinajstić information content (AvgIpc) is 2.59. The van der Waals surface area contributed by atoms with Crippen molar-refractivity contribution in [2.75, 3.05) is 6.61 Å². The molecule has 0 heterocycles. The Kier molecular flexibility index (Phi) is 6.79. The Bertz CT molecular complexity index is 697. The molecule has 8 heteroatoms. The maximum atomic E-state index is 11.7. The third-order valence-corrected chi connectivity index (χ3v) is 7.29. The third-order valence-electron chi connectivity index (χ3n) is 7.29. The fourth-order valence-electron chi connectivity index (χ4n) is 5.43. The number of aliphatic hydroxyl groups is 1. The highest BCUT2D eigenvalue weighted by Gasteiger charge is 2.55. The summed E-state index contributed by atoms with van der Waals surface area (Å²) in [6.07, 6.45) is 1.27. The van der Waals surface area contributed by atoms with Crippen molar-refractivity contribution in [3.05, 3.63) is 11.6 Å². The average molecular weight is 412 g/mol. The quantitative estimate of drug-likeness (QED) is 0.445. The van der Waals surface area contributed by atoms with E-state index in [9.17, 15) is 29.7 Å². The van der Waals surface area contributed by atoms with Gasteiger partial charge in [-0.1, -0.05) is 32.4 Å². The first kappa shape index (κ1) is 23.3. The maximum absolute atomic E-state index is 11.7. The van der Waals surface area contributed by atoms with Crippen molar-refractivity contribution in [3.63, 3.8) is 0 Å². The standard InChI is InChI=1S/C21H32O8/c1-11-5-6-14-20(2,3)15(22)7-8-21(14,4)13(11)10-29-17(19(27)28)12(18(25)26)9-16(23)24/h5,12-15,17,22H,6-10H2,1-4H3,(H,23,24)(H,25,26)(H,27,28)/t12?,13-,14-,15-,17?,21+/m1/s1. The highest BCUT2D eigenvalue weighted by Crippen LogP contribution is 2.59. The number of aliphatic carboxylic acids is 3. The van der Waals surface area contributed by atoms with Crippen LogP contribution >= 0.6 is 0 Å². The Labute approximate surface area is 170 Å². The van der Waals surface area contributed by atoms with Crippen LogP contribution in [0.2, 0.25) is 0 Å². The van der Waals surface area contributed by atoms with Crippen LogP contribution in [-0.2, 0) is 19.1 Å². The second-order valence-corrected chi connectivity index (χ2v) is 9.31. The molecule has 0 amide bonds. The molecule has 1 fully saturated rings. The lowest BCUT2D eigenvalue weighted by molar-refractivity contribution is -0.171. The van der Waals surface area contributed by atoms with Gasteiger partial charge in [0.1, 0.15) is 5.92 Å². The Balaban J connectivity index is 2.27. The van der Waals surface area contributed by atoms with Crippen molar-refractivity contribution < 1.29 is 39.5 Å². The smallest absolute Gasteiger partial charge is 0.333 e. The van der Waals surface area contributed by atoms with Gasteiger partial charge < -0.3 is 25.2 Å². The number of carbonyl (C=O) groups is 3. The molecule has 0 bridgehead atoms. The van der Waals surface area contributed by atoms with E-state index in [0.717, 1.165) is 18.4 Å². The molecule has 4 N–H and O–H groups in total. The van der Waals surface area contributed by atoms with E-state index in [0.29, 0.717) is 6.42 Å². The van der Waals surface area contributed by atoms with E-state index in [1.807, 2.05) is 20.8 Å². The van der Waals surface area contributed by atoms with E-state index in [-0.39, 0.29) is 29.3 Å². The van der Waals surface area contributed by atoms with Crippen LogP contribution in [0.1, 0.15) is 53.4 Å². The minimum absolute atomic E-state index is 0.0120. The van der Waals surface area contributed by atoms with Gasteiger partial charge in [0, 0.05) is 5.92 Å². The van der Waals surface area contributed by atoms with E-state index in [2.05, 4.69) is 13.0 Å². The number of carboxylic acids is 3. The number of carboxylic acid groups (broad SMARTS) is 3. The molecule has 2 rings (SSSR count). The summed E-state index contributed by atoms with van der Waals surface area (Å²) in [5.41, 5.74) is 0.489. The normalized spacial score (nSPS) is 33.1. The summed E-state index contributed by atoms with van der Waals surface area (Å²) in [5, 5.41) is 38.3. The molecule has 29 heavy (non-hydrogen) atoms. The van der Waals surface area contributed by atoms with E-state index in [1.54, 1.807) is 0 Å². The summed E-state index contributed by atoms with van der Waals surface area (Å²) >= 11 is 0. The minimum atomic E-state index is -1.75. The summed E-state index contributed by atoms with van der Waals surface area (Å²) in [6, 6.07) is 0. The SMILES string of the molecule is CC1=CC[C@@H]2C(C)(C)[C@H](O)CC[C@@]2(C)[C@@H]1COC(C(=O)O)C(CC(=O)O)C(=O)O. The molecular weight excluding hydrogens is 380 g/mol. The first-order valence-electron chi connectivity index (χ1n) is 9.96. The van der Waals surface area contributed by atoms with Crippen molar-refractivity contribution in [3.8, 4) is 0 Å². The Morgan fingerprint density at radius 1 is 1.17 bits per heavy atom. The first-order valence-corrected chi connectivity index (χ1v) is 9.96. The monoisotopic (exact) mass is 412 g/mol. The van der Waals surface area contributed by atoms with Gasteiger partial charge in [-0.3, -0.25) is 9.59 Å². The Hall–Kier alpha value is -1.93. The number of ether oxygens (including phenoxy) is 1. The number of fused-ring (bicyclic) bond motifs is 1. The van der Waals surface area contributed by atoms with Crippen LogP contribution in [0.15, 0.2) is 11.6 Å². The summed E-state index contributed by atoms with van der Waals surface area (Å²) in [7, 11) is 0. The number of allylic oxidation sites excluding steroid dienone is 1. The van der Waals surface area contributed by atoms with Crippen molar-refractivity contribution in [2.45, 2.75) is 65.6 Å². The van der Waals surface area contributed by atoms with E-state index >= 15 is 0 Å². The van der Waals surface area contributed by atoms with E-state index in [1.165, 1.54) is 0 Å². The molecule has 0 aromatic rings. The first-order chi connectivity index (χ1) is 13.3. The molecule has 2 aliphatic rings. The molecule has 0 spiro atoms. The van der Waals surface area contributed by atoms with Crippen LogP contribution in [0.5, 0.6) is 0 Å². The van der Waals surface area contributed by atoms with Gasteiger partial charge in [-0.05, 0) is 42.9 Å². The molecule has 6 atom stereocenters. The second-order valence-electron chi connectivity index (χ2n) is 9.31. The van der Waals surface area contributed by atoms with Gasteiger partial charge in [0.05, 0.1) is 19.1 Å².